The Morgan fingerprint density at radius 1 is 1.69 bits per heavy atom. The summed E-state index contributed by atoms with van der Waals surface area (Å²) in [7, 11) is 1.33. The van der Waals surface area contributed by atoms with Crippen molar-refractivity contribution in [3.63, 3.8) is 0 Å². The molecule has 0 unspecified atom stereocenters. The van der Waals surface area contributed by atoms with Crippen LogP contribution in [-0.4, -0.2) is 28.4 Å². The van der Waals surface area contributed by atoms with Gasteiger partial charge in [-0.25, -0.2) is 9.36 Å². The molecule has 7 heteroatoms. The molecule has 1 heterocycles. The van der Waals surface area contributed by atoms with E-state index in [1.807, 2.05) is 0 Å². The van der Waals surface area contributed by atoms with Gasteiger partial charge >= 0.3 is 11.8 Å². The molecule has 1 aromatic rings. The van der Waals surface area contributed by atoms with Crippen LogP contribution in [0.25, 0.3) is 0 Å². The number of ether oxygens (including phenoxy) is 1. The number of carbonyl (C=O) groups excluding carboxylic acids is 2. The maximum atomic E-state index is 11.4. The summed E-state index contributed by atoms with van der Waals surface area (Å²) < 4.78 is 5.73. The van der Waals surface area contributed by atoms with Gasteiger partial charge in [-0.05, 0) is 11.8 Å². The first-order valence-electron chi connectivity index (χ1n) is 4.49. The van der Waals surface area contributed by atoms with Crippen LogP contribution in [-0.2, 0) is 11.8 Å². The molecule has 0 amide bonds. The molecule has 0 spiro atoms. The predicted molar refractivity (Wildman–Crippen MR) is 53.4 cm³/mol. The van der Waals surface area contributed by atoms with Gasteiger partial charge in [0, 0.05) is 6.07 Å². The van der Waals surface area contributed by atoms with Crippen LogP contribution in [0.3, 0.4) is 0 Å². The average Bonchev–Trinajstić information content (AvgIpc) is 2.55. The molecule has 0 aliphatic rings. The maximum Gasteiger partial charge on any atom is 0.378 e. The van der Waals surface area contributed by atoms with Crippen LogP contribution < -0.4 is 0 Å². The predicted octanol–water partition coefficient (Wildman–Crippen LogP) is 0.922. The number of rotatable bonds is 4. The fourth-order valence-corrected chi connectivity index (χ4v) is 1.33. The van der Waals surface area contributed by atoms with Gasteiger partial charge in [-0.15, -0.1) is 0 Å². The van der Waals surface area contributed by atoms with Gasteiger partial charge in [0.15, 0.2) is 6.29 Å². The number of esters is 1. The average molecular weight is 226 g/mol. The topological polar surface area (TPSA) is 91.4 Å². The summed E-state index contributed by atoms with van der Waals surface area (Å²) in [5, 5.41) is 10.7. The first kappa shape index (κ1) is 11.9. The van der Waals surface area contributed by atoms with E-state index in [0.717, 1.165) is 10.6 Å². The summed E-state index contributed by atoms with van der Waals surface area (Å²) in [5.74, 6) is -1.11. The smallest absolute Gasteiger partial charge is 0.378 e. The molecule has 1 rings (SSSR count). The molecule has 7 nitrogen and oxygen atoms in total. The lowest BCUT2D eigenvalue weighted by Crippen LogP contribution is -2.10. The zero-order valence-electron chi connectivity index (χ0n) is 8.80. The lowest BCUT2D eigenvalue weighted by molar-refractivity contribution is -0.391. The van der Waals surface area contributed by atoms with Gasteiger partial charge in [-0.1, -0.05) is 0 Å². The molecule has 1 aromatic heterocycles. The van der Waals surface area contributed by atoms with Gasteiger partial charge in [0.05, 0.1) is 13.7 Å². The summed E-state index contributed by atoms with van der Waals surface area (Å²) in [4.78, 5) is 31.9. The highest BCUT2D eigenvalue weighted by Crippen LogP contribution is 2.21. The highest BCUT2D eigenvalue weighted by atomic mass is 16.6. The van der Waals surface area contributed by atoms with Gasteiger partial charge in [0.2, 0.25) is 5.69 Å². The largest absolute Gasteiger partial charge is 0.460 e. The summed E-state index contributed by atoms with van der Waals surface area (Å²) in [6, 6.07) is 1.14. The standard InChI is InChI=1S/C9H10N2O5/c1-3-16-9(13)7-4-6(5-12)8(10(7)2)11(14)15/h4-5H,3H2,1-2H3. The van der Waals surface area contributed by atoms with Gasteiger partial charge in [0.1, 0.15) is 5.56 Å². The fourth-order valence-electron chi connectivity index (χ4n) is 1.33. The minimum absolute atomic E-state index is 0.0179. The molecule has 16 heavy (non-hydrogen) atoms. The Morgan fingerprint density at radius 2 is 2.31 bits per heavy atom. The third kappa shape index (κ3) is 1.92. The van der Waals surface area contributed by atoms with Crippen molar-refractivity contribution >= 4 is 18.1 Å². The lowest BCUT2D eigenvalue weighted by Gasteiger charge is -2.00. The Bertz CT molecular complexity index is 449. The minimum Gasteiger partial charge on any atom is -0.460 e. The molecule has 0 aliphatic heterocycles. The second-order valence-corrected chi connectivity index (χ2v) is 2.96. The third-order valence-corrected chi connectivity index (χ3v) is 2.01. The van der Waals surface area contributed by atoms with Gasteiger partial charge in [0.25, 0.3) is 0 Å². The zero-order valence-corrected chi connectivity index (χ0v) is 8.80. The summed E-state index contributed by atoms with van der Waals surface area (Å²) in [6.07, 6.45) is 0.334. The van der Waals surface area contributed by atoms with E-state index in [1.165, 1.54) is 7.05 Å². The molecule has 0 saturated carbocycles. The second-order valence-electron chi connectivity index (χ2n) is 2.96. The van der Waals surface area contributed by atoms with Crippen molar-refractivity contribution in [3.05, 3.63) is 27.4 Å². The molecule has 86 valence electrons. The minimum atomic E-state index is -0.716. The summed E-state index contributed by atoms with van der Waals surface area (Å²) in [5.41, 5.74) is -0.161. The molecule has 0 bridgehead atoms. The highest BCUT2D eigenvalue weighted by Gasteiger charge is 2.27. The Kier molecular flexibility index (Phi) is 3.39. The van der Waals surface area contributed by atoms with E-state index in [4.69, 9.17) is 4.74 Å². The van der Waals surface area contributed by atoms with E-state index in [-0.39, 0.29) is 17.9 Å². The summed E-state index contributed by atoms with van der Waals surface area (Å²) in [6.45, 7) is 1.78. The van der Waals surface area contributed by atoms with E-state index in [9.17, 15) is 19.7 Å². The molecular weight excluding hydrogens is 216 g/mol. The number of aromatic nitrogens is 1. The first-order valence-corrected chi connectivity index (χ1v) is 4.49. The van der Waals surface area contributed by atoms with Crippen LogP contribution in [0.5, 0.6) is 0 Å². The molecule has 0 aromatic carbocycles. The zero-order chi connectivity index (χ0) is 12.3. The summed E-state index contributed by atoms with van der Waals surface area (Å²) >= 11 is 0. The van der Waals surface area contributed by atoms with Crippen molar-refractivity contribution in [1.29, 1.82) is 0 Å². The quantitative estimate of drug-likeness (QED) is 0.329. The van der Waals surface area contributed by atoms with Gasteiger partial charge < -0.3 is 14.9 Å². The first-order chi connectivity index (χ1) is 7.52. The number of nitro groups is 1. The second kappa shape index (κ2) is 4.56. The Balaban J connectivity index is 3.28. The molecule has 0 radical (unpaired) electrons. The van der Waals surface area contributed by atoms with E-state index >= 15 is 0 Å². The van der Waals surface area contributed by atoms with Crippen molar-refractivity contribution in [3.8, 4) is 0 Å². The molecule has 0 atom stereocenters. The van der Waals surface area contributed by atoms with Crippen LogP contribution in [0.1, 0.15) is 27.8 Å². The van der Waals surface area contributed by atoms with Crippen molar-refractivity contribution in [2.75, 3.05) is 6.61 Å². The van der Waals surface area contributed by atoms with Crippen molar-refractivity contribution in [2.45, 2.75) is 6.92 Å². The monoisotopic (exact) mass is 226 g/mol. The number of hydrogen-bond donors (Lipinski definition) is 0. The number of carbonyl (C=O) groups is 2. The van der Waals surface area contributed by atoms with E-state index < -0.39 is 16.7 Å². The molecule has 0 N–H and O–H groups in total. The van der Waals surface area contributed by atoms with Gasteiger partial charge in [-0.3, -0.25) is 4.79 Å². The Morgan fingerprint density at radius 3 is 2.69 bits per heavy atom. The molecule has 0 fully saturated rings. The van der Waals surface area contributed by atoms with E-state index in [2.05, 4.69) is 0 Å². The maximum absolute atomic E-state index is 11.4. The van der Waals surface area contributed by atoms with Crippen LogP contribution in [0.4, 0.5) is 5.82 Å². The number of nitrogens with zero attached hydrogens (tertiary/aromatic N) is 2. The molecule has 0 aliphatic carbocycles. The van der Waals surface area contributed by atoms with Crippen molar-refractivity contribution in [1.82, 2.24) is 4.57 Å². The number of aldehydes is 1. The number of hydrogen-bond acceptors (Lipinski definition) is 5. The fraction of sp³-hybridized carbons (Fsp3) is 0.333. The molecule has 0 saturated heterocycles. The van der Waals surface area contributed by atoms with Crippen LogP contribution in [0, 0.1) is 10.1 Å². The van der Waals surface area contributed by atoms with E-state index in [1.54, 1.807) is 6.92 Å². The van der Waals surface area contributed by atoms with Crippen LogP contribution >= 0.6 is 0 Å². The normalized spacial score (nSPS) is 9.88. The Labute approximate surface area is 90.8 Å². The van der Waals surface area contributed by atoms with Crippen molar-refractivity contribution in [2.24, 2.45) is 7.05 Å². The van der Waals surface area contributed by atoms with Crippen molar-refractivity contribution < 1.29 is 19.2 Å². The Hall–Kier alpha value is -2.18. The SMILES string of the molecule is CCOC(=O)c1cc(C=O)c([N+](=O)[O-])n1C. The van der Waals surface area contributed by atoms with Crippen LogP contribution in [0.15, 0.2) is 6.07 Å². The third-order valence-electron chi connectivity index (χ3n) is 2.01. The van der Waals surface area contributed by atoms with Crippen LogP contribution in [0.2, 0.25) is 0 Å². The van der Waals surface area contributed by atoms with Gasteiger partial charge in [-0.2, -0.15) is 0 Å². The lowest BCUT2D eigenvalue weighted by atomic mass is 10.3. The highest BCUT2D eigenvalue weighted by molar-refractivity contribution is 5.93. The van der Waals surface area contributed by atoms with E-state index in [0.29, 0.717) is 6.29 Å². The molecular formula is C9H10N2O5.